The third-order valence-corrected chi connectivity index (χ3v) is 2.46. The summed E-state index contributed by atoms with van der Waals surface area (Å²) in [4.78, 5) is 4.19. The standard InChI is InChI=1S/C9H15N3O/c10-6-9-11-3-4-12(9)8-2-1-5-13-7-8/h3-4,8H,1-2,5-7,10H2. The van der Waals surface area contributed by atoms with Gasteiger partial charge in [-0.1, -0.05) is 0 Å². The van der Waals surface area contributed by atoms with Gasteiger partial charge in [0, 0.05) is 19.0 Å². The van der Waals surface area contributed by atoms with E-state index in [0.29, 0.717) is 12.6 Å². The molecule has 1 atom stereocenters. The van der Waals surface area contributed by atoms with Gasteiger partial charge in [0.05, 0.1) is 19.2 Å². The largest absolute Gasteiger partial charge is 0.379 e. The number of nitrogens with zero attached hydrogens (tertiary/aromatic N) is 2. The predicted molar refractivity (Wildman–Crippen MR) is 49.2 cm³/mol. The van der Waals surface area contributed by atoms with Gasteiger partial charge in [-0.3, -0.25) is 0 Å². The van der Waals surface area contributed by atoms with Crippen molar-refractivity contribution in [2.75, 3.05) is 13.2 Å². The van der Waals surface area contributed by atoms with Gasteiger partial charge in [0.25, 0.3) is 0 Å². The molecule has 1 saturated heterocycles. The smallest absolute Gasteiger partial charge is 0.122 e. The summed E-state index contributed by atoms with van der Waals surface area (Å²) in [6.45, 7) is 2.19. The van der Waals surface area contributed by atoms with Crippen LogP contribution >= 0.6 is 0 Å². The molecule has 4 heteroatoms. The minimum absolute atomic E-state index is 0.440. The molecule has 1 fully saturated rings. The van der Waals surface area contributed by atoms with E-state index in [9.17, 15) is 0 Å². The van der Waals surface area contributed by atoms with Gasteiger partial charge in [-0.15, -0.1) is 0 Å². The Kier molecular flexibility index (Phi) is 2.61. The molecule has 13 heavy (non-hydrogen) atoms. The molecule has 0 aliphatic carbocycles. The second-order valence-corrected chi connectivity index (χ2v) is 3.33. The molecular formula is C9H15N3O. The maximum atomic E-state index is 5.58. The van der Waals surface area contributed by atoms with E-state index >= 15 is 0 Å². The number of imidazole rings is 1. The Labute approximate surface area is 77.7 Å². The summed E-state index contributed by atoms with van der Waals surface area (Å²) in [7, 11) is 0. The molecule has 2 N–H and O–H groups in total. The van der Waals surface area contributed by atoms with Gasteiger partial charge in [0.1, 0.15) is 5.82 Å². The van der Waals surface area contributed by atoms with Crippen LogP contribution in [-0.4, -0.2) is 22.8 Å². The van der Waals surface area contributed by atoms with Crippen LogP contribution in [0.15, 0.2) is 12.4 Å². The van der Waals surface area contributed by atoms with E-state index in [2.05, 4.69) is 9.55 Å². The van der Waals surface area contributed by atoms with Crippen molar-refractivity contribution in [3.8, 4) is 0 Å². The molecule has 1 aliphatic rings. The predicted octanol–water partition coefficient (Wildman–Crippen LogP) is 0.693. The Hall–Kier alpha value is -0.870. The zero-order valence-corrected chi connectivity index (χ0v) is 7.65. The van der Waals surface area contributed by atoms with E-state index in [0.717, 1.165) is 25.5 Å². The van der Waals surface area contributed by atoms with E-state index in [4.69, 9.17) is 10.5 Å². The lowest BCUT2D eigenvalue weighted by molar-refractivity contribution is 0.0582. The summed E-state index contributed by atoms with van der Waals surface area (Å²) in [6.07, 6.45) is 6.09. The Morgan fingerprint density at radius 3 is 3.31 bits per heavy atom. The van der Waals surface area contributed by atoms with Crippen LogP contribution < -0.4 is 5.73 Å². The first-order chi connectivity index (χ1) is 6.42. The third kappa shape index (κ3) is 1.73. The summed E-state index contributed by atoms with van der Waals surface area (Å²) in [5.74, 6) is 0.954. The molecule has 0 spiro atoms. The van der Waals surface area contributed by atoms with Crippen molar-refractivity contribution >= 4 is 0 Å². The van der Waals surface area contributed by atoms with E-state index in [-0.39, 0.29) is 0 Å². The number of ether oxygens (including phenoxy) is 1. The van der Waals surface area contributed by atoms with E-state index < -0.39 is 0 Å². The number of rotatable bonds is 2. The molecule has 0 radical (unpaired) electrons. The fourth-order valence-electron chi connectivity index (χ4n) is 1.78. The van der Waals surface area contributed by atoms with Gasteiger partial charge in [0.2, 0.25) is 0 Å². The van der Waals surface area contributed by atoms with Gasteiger partial charge in [-0.05, 0) is 12.8 Å². The SMILES string of the molecule is NCc1nccn1C1CCCOC1. The molecule has 2 rings (SSSR count). The maximum absolute atomic E-state index is 5.58. The van der Waals surface area contributed by atoms with Crippen molar-refractivity contribution in [1.82, 2.24) is 9.55 Å². The summed E-state index contributed by atoms with van der Waals surface area (Å²) in [6, 6.07) is 0.440. The quantitative estimate of drug-likeness (QED) is 0.730. The van der Waals surface area contributed by atoms with Crippen LogP contribution in [0.25, 0.3) is 0 Å². The molecule has 1 aromatic rings. The highest BCUT2D eigenvalue weighted by molar-refractivity contribution is 4.95. The van der Waals surface area contributed by atoms with Crippen LogP contribution in [0.2, 0.25) is 0 Å². The molecule has 0 amide bonds. The average Bonchev–Trinajstić information content (AvgIpc) is 2.67. The summed E-state index contributed by atoms with van der Waals surface area (Å²) >= 11 is 0. The molecule has 1 unspecified atom stereocenters. The highest BCUT2D eigenvalue weighted by atomic mass is 16.5. The summed E-state index contributed by atoms with van der Waals surface area (Å²) in [5, 5.41) is 0. The zero-order chi connectivity index (χ0) is 9.10. The van der Waals surface area contributed by atoms with Crippen molar-refractivity contribution in [1.29, 1.82) is 0 Å². The van der Waals surface area contributed by atoms with Gasteiger partial charge in [-0.25, -0.2) is 4.98 Å². The fraction of sp³-hybridized carbons (Fsp3) is 0.667. The number of hydrogen-bond acceptors (Lipinski definition) is 3. The molecule has 0 saturated carbocycles. The first kappa shape index (κ1) is 8.72. The van der Waals surface area contributed by atoms with Crippen LogP contribution in [0.5, 0.6) is 0 Å². The lowest BCUT2D eigenvalue weighted by Gasteiger charge is -2.24. The molecule has 0 aromatic carbocycles. The molecular weight excluding hydrogens is 166 g/mol. The van der Waals surface area contributed by atoms with E-state index in [1.165, 1.54) is 6.42 Å². The minimum Gasteiger partial charge on any atom is -0.379 e. The third-order valence-electron chi connectivity index (χ3n) is 2.46. The number of aromatic nitrogens is 2. The highest BCUT2D eigenvalue weighted by Crippen LogP contribution is 2.20. The second kappa shape index (κ2) is 3.89. The monoisotopic (exact) mass is 181 g/mol. The van der Waals surface area contributed by atoms with Crippen molar-refractivity contribution in [3.63, 3.8) is 0 Å². The second-order valence-electron chi connectivity index (χ2n) is 3.33. The Balaban J connectivity index is 2.13. The van der Waals surface area contributed by atoms with Crippen molar-refractivity contribution in [3.05, 3.63) is 18.2 Å². The molecule has 0 bridgehead atoms. The van der Waals surface area contributed by atoms with Crippen LogP contribution in [0, 0.1) is 0 Å². The van der Waals surface area contributed by atoms with Crippen molar-refractivity contribution in [2.24, 2.45) is 5.73 Å². The summed E-state index contributed by atoms with van der Waals surface area (Å²) < 4.78 is 7.55. The number of hydrogen-bond donors (Lipinski definition) is 1. The molecule has 1 aliphatic heterocycles. The maximum Gasteiger partial charge on any atom is 0.122 e. The normalized spacial score (nSPS) is 23.3. The van der Waals surface area contributed by atoms with E-state index in [1.807, 2.05) is 6.20 Å². The van der Waals surface area contributed by atoms with Crippen LogP contribution in [0.4, 0.5) is 0 Å². The Bertz CT molecular complexity index is 266. The lowest BCUT2D eigenvalue weighted by atomic mass is 10.1. The molecule has 1 aromatic heterocycles. The molecule has 72 valence electrons. The first-order valence-electron chi connectivity index (χ1n) is 4.71. The highest BCUT2D eigenvalue weighted by Gasteiger charge is 2.17. The topological polar surface area (TPSA) is 53.1 Å². The first-order valence-corrected chi connectivity index (χ1v) is 4.71. The van der Waals surface area contributed by atoms with Crippen molar-refractivity contribution < 1.29 is 4.74 Å². The lowest BCUT2D eigenvalue weighted by Crippen LogP contribution is -2.23. The molecule has 2 heterocycles. The fourth-order valence-corrected chi connectivity index (χ4v) is 1.78. The van der Waals surface area contributed by atoms with Crippen LogP contribution in [0.1, 0.15) is 24.7 Å². The van der Waals surface area contributed by atoms with Gasteiger partial charge < -0.3 is 15.0 Å². The van der Waals surface area contributed by atoms with Crippen LogP contribution in [-0.2, 0) is 11.3 Å². The van der Waals surface area contributed by atoms with E-state index in [1.54, 1.807) is 6.20 Å². The number of nitrogens with two attached hydrogens (primary N) is 1. The Morgan fingerprint density at radius 2 is 2.62 bits per heavy atom. The average molecular weight is 181 g/mol. The van der Waals surface area contributed by atoms with Crippen LogP contribution in [0.3, 0.4) is 0 Å². The van der Waals surface area contributed by atoms with Gasteiger partial charge >= 0.3 is 0 Å². The van der Waals surface area contributed by atoms with Crippen molar-refractivity contribution in [2.45, 2.75) is 25.4 Å². The van der Waals surface area contributed by atoms with Gasteiger partial charge in [-0.2, -0.15) is 0 Å². The summed E-state index contributed by atoms with van der Waals surface area (Å²) in [5.41, 5.74) is 5.58. The zero-order valence-electron chi connectivity index (χ0n) is 7.65. The Morgan fingerprint density at radius 1 is 1.69 bits per heavy atom. The molecule has 4 nitrogen and oxygen atoms in total. The minimum atomic E-state index is 0.440. The van der Waals surface area contributed by atoms with Gasteiger partial charge in [0.15, 0.2) is 0 Å².